The highest BCUT2D eigenvalue weighted by atomic mass is 32.2. The second-order valence-electron chi connectivity index (χ2n) is 8.14. The van der Waals surface area contributed by atoms with Crippen LogP contribution in [0.3, 0.4) is 0 Å². The van der Waals surface area contributed by atoms with E-state index in [0.717, 1.165) is 0 Å². The Labute approximate surface area is 225 Å². The number of hydrogen-bond acceptors (Lipinski definition) is 10. The standard InChI is InChI=1S/C23H33N5O10S/c1-4-37-22(32)18(39(34,35)36)9-10-19(29)26-14(2)20(30)27-15(3)21(31)28-17-7-5-16(6-8-17)13-38-23(33)25-12-11-24/h4-8,14-15,18H,1,9-13,24H2,2-3H3,(H,25,33)(H,26,29)(H,27,30)(H,28,31)(H,34,35,36)/t14-,15-,18?/m0/s1. The lowest BCUT2D eigenvalue weighted by molar-refractivity contribution is -0.138. The molecule has 1 aromatic carbocycles. The van der Waals surface area contributed by atoms with E-state index in [9.17, 15) is 36.9 Å². The smallest absolute Gasteiger partial charge is 0.407 e. The van der Waals surface area contributed by atoms with Gasteiger partial charge in [0.1, 0.15) is 18.7 Å². The minimum Gasteiger partial charge on any atom is -0.445 e. The molecule has 0 aliphatic carbocycles. The molecule has 7 N–H and O–H groups in total. The molecule has 0 spiro atoms. The SMILES string of the molecule is C=COC(=O)C(CCC(=O)N[C@@H](C)C(=O)N[C@@H](C)C(=O)Nc1ccc(COC(=O)NCCN)cc1)S(=O)(=O)O. The summed E-state index contributed by atoms with van der Waals surface area (Å²) in [6.45, 7) is 6.45. The minimum atomic E-state index is -4.84. The van der Waals surface area contributed by atoms with Gasteiger partial charge in [0, 0.05) is 25.2 Å². The van der Waals surface area contributed by atoms with Crippen LogP contribution in [0, 0.1) is 0 Å². The first-order valence-electron chi connectivity index (χ1n) is 11.7. The van der Waals surface area contributed by atoms with Crippen molar-refractivity contribution in [2.45, 2.75) is 50.6 Å². The molecule has 3 atom stereocenters. The highest BCUT2D eigenvalue weighted by Crippen LogP contribution is 2.12. The van der Waals surface area contributed by atoms with E-state index in [-0.39, 0.29) is 19.7 Å². The Bertz CT molecular complexity index is 1140. The Morgan fingerprint density at radius 2 is 1.67 bits per heavy atom. The number of hydrogen-bond donors (Lipinski definition) is 6. The van der Waals surface area contributed by atoms with Gasteiger partial charge in [0.2, 0.25) is 17.7 Å². The van der Waals surface area contributed by atoms with Crippen molar-refractivity contribution in [3.8, 4) is 0 Å². The van der Waals surface area contributed by atoms with Gasteiger partial charge in [-0.05, 0) is 38.0 Å². The molecule has 16 heteroatoms. The van der Waals surface area contributed by atoms with Gasteiger partial charge < -0.3 is 36.5 Å². The van der Waals surface area contributed by atoms with Crippen molar-refractivity contribution < 1.29 is 46.4 Å². The van der Waals surface area contributed by atoms with Crippen LogP contribution in [0.25, 0.3) is 0 Å². The van der Waals surface area contributed by atoms with Crippen LogP contribution in [0.1, 0.15) is 32.3 Å². The number of benzene rings is 1. The largest absolute Gasteiger partial charge is 0.445 e. The van der Waals surface area contributed by atoms with Crippen LogP contribution in [0.5, 0.6) is 0 Å². The number of amides is 4. The van der Waals surface area contributed by atoms with E-state index in [2.05, 4.69) is 32.6 Å². The van der Waals surface area contributed by atoms with Gasteiger partial charge in [-0.1, -0.05) is 18.7 Å². The van der Waals surface area contributed by atoms with E-state index in [0.29, 0.717) is 17.5 Å². The van der Waals surface area contributed by atoms with Gasteiger partial charge >= 0.3 is 12.1 Å². The summed E-state index contributed by atoms with van der Waals surface area (Å²) in [5, 5.41) is 7.80. The summed E-state index contributed by atoms with van der Waals surface area (Å²) in [6, 6.07) is 4.32. The molecule has 39 heavy (non-hydrogen) atoms. The molecule has 0 radical (unpaired) electrons. The third kappa shape index (κ3) is 12.4. The Kier molecular flexibility index (Phi) is 13.6. The lowest BCUT2D eigenvalue weighted by Gasteiger charge is -2.19. The van der Waals surface area contributed by atoms with Gasteiger partial charge in [0.25, 0.3) is 10.1 Å². The summed E-state index contributed by atoms with van der Waals surface area (Å²) in [4.78, 5) is 60.1. The zero-order valence-corrected chi connectivity index (χ0v) is 22.3. The van der Waals surface area contributed by atoms with Crippen LogP contribution < -0.4 is 27.0 Å². The first-order chi connectivity index (χ1) is 18.3. The molecule has 0 bridgehead atoms. The molecular weight excluding hydrogens is 538 g/mol. The Hall–Kier alpha value is -4.02. The van der Waals surface area contributed by atoms with Crippen molar-refractivity contribution in [1.29, 1.82) is 0 Å². The maximum Gasteiger partial charge on any atom is 0.407 e. The second kappa shape index (κ2) is 16.1. The highest BCUT2D eigenvalue weighted by molar-refractivity contribution is 7.87. The molecular formula is C23H33N5O10S. The molecule has 15 nitrogen and oxygen atoms in total. The number of nitrogens with one attached hydrogen (secondary N) is 4. The monoisotopic (exact) mass is 571 g/mol. The van der Waals surface area contributed by atoms with Gasteiger partial charge in [-0.15, -0.1) is 0 Å². The van der Waals surface area contributed by atoms with E-state index in [4.69, 9.17) is 10.5 Å². The minimum absolute atomic E-state index is 0.01000. The predicted molar refractivity (Wildman–Crippen MR) is 138 cm³/mol. The number of carbonyl (C=O) groups excluding carboxylic acids is 5. The molecule has 0 aliphatic heterocycles. The lowest BCUT2D eigenvalue weighted by Crippen LogP contribution is -2.50. The Balaban J connectivity index is 2.53. The van der Waals surface area contributed by atoms with E-state index < -0.39 is 70.1 Å². The van der Waals surface area contributed by atoms with Crippen molar-refractivity contribution in [1.82, 2.24) is 16.0 Å². The van der Waals surface area contributed by atoms with Gasteiger partial charge in [0.15, 0.2) is 5.25 Å². The van der Waals surface area contributed by atoms with Gasteiger partial charge in [-0.3, -0.25) is 23.7 Å². The topological polar surface area (TPSA) is 232 Å². The second-order valence-corrected chi connectivity index (χ2v) is 9.74. The van der Waals surface area contributed by atoms with Crippen LogP contribution in [-0.4, -0.2) is 73.2 Å². The summed E-state index contributed by atoms with van der Waals surface area (Å²) in [5.41, 5.74) is 6.37. The molecule has 4 amide bonds. The third-order valence-corrected chi connectivity index (χ3v) is 6.13. The fourth-order valence-corrected chi connectivity index (χ4v) is 3.62. The molecule has 0 heterocycles. The van der Waals surface area contributed by atoms with Crippen molar-refractivity contribution >= 4 is 45.6 Å². The normalized spacial score (nSPS) is 13.1. The third-order valence-electron chi connectivity index (χ3n) is 4.98. The summed E-state index contributed by atoms with van der Waals surface area (Å²) in [7, 11) is -4.84. The van der Waals surface area contributed by atoms with Crippen LogP contribution in [0.15, 0.2) is 37.1 Å². The summed E-state index contributed by atoms with van der Waals surface area (Å²) in [5.74, 6) is -3.34. The maximum absolute atomic E-state index is 12.4. The molecule has 1 unspecified atom stereocenters. The average molecular weight is 572 g/mol. The molecule has 0 saturated heterocycles. The quantitative estimate of drug-likeness (QED) is 0.0895. The summed E-state index contributed by atoms with van der Waals surface area (Å²) >= 11 is 0. The number of rotatable bonds is 15. The number of carbonyl (C=O) groups is 5. The molecule has 216 valence electrons. The summed E-state index contributed by atoms with van der Waals surface area (Å²) in [6.07, 6.45) is -1.05. The van der Waals surface area contributed by atoms with Crippen LogP contribution in [0.4, 0.5) is 10.5 Å². The molecule has 1 aromatic rings. The van der Waals surface area contributed by atoms with Gasteiger partial charge in [-0.25, -0.2) is 4.79 Å². The van der Waals surface area contributed by atoms with E-state index in [1.165, 1.54) is 13.8 Å². The van der Waals surface area contributed by atoms with Gasteiger partial charge in [-0.2, -0.15) is 8.42 Å². The molecule has 0 saturated carbocycles. The number of alkyl carbamates (subject to hydrolysis) is 1. The number of nitrogens with two attached hydrogens (primary N) is 1. The van der Waals surface area contributed by atoms with Gasteiger partial charge in [0.05, 0.1) is 6.26 Å². The fourth-order valence-electron chi connectivity index (χ4n) is 2.90. The number of esters is 1. The van der Waals surface area contributed by atoms with E-state index >= 15 is 0 Å². The Morgan fingerprint density at radius 3 is 2.23 bits per heavy atom. The van der Waals surface area contributed by atoms with Crippen molar-refractivity contribution in [2.75, 3.05) is 18.4 Å². The zero-order chi connectivity index (χ0) is 29.6. The molecule has 1 rings (SSSR count). The highest BCUT2D eigenvalue weighted by Gasteiger charge is 2.33. The molecule has 0 aliphatic rings. The first-order valence-corrected chi connectivity index (χ1v) is 13.2. The van der Waals surface area contributed by atoms with E-state index in [1.807, 2.05) is 0 Å². The predicted octanol–water partition coefficient (Wildman–Crippen LogP) is -0.457. The molecule has 0 aromatic heterocycles. The van der Waals surface area contributed by atoms with Crippen LogP contribution in [0.2, 0.25) is 0 Å². The average Bonchev–Trinajstić information content (AvgIpc) is 2.86. The number of anilines is 1. The summed E-state index contributed by atoms with van der Waals surface area (Å²) < 4.78 is 41.3. The van der Waals surface area contributed by atoms with E-state index in [1.54, 1.807) is 24.3 Å². The Morgan fingerprint density at radius 1 is 1.05 bits per heavy atom. The molecule has 0 fully saturated rings. The fraction of sp³-hybridized carbons (Fsp3) is 0.435. The zero-order valence-electron chi connectivity index (χ0n) is 21.5. The van der Waals surface area contributed by atoms with Crippen molar-refractivity contribution in [2.24, 2.45) is 5.73 Å². The lowest BCUT2D eigenvalue weighted by atomic mass is 10.2. The van der Waals surface area contributed by atoms with Crippen LogP contribution >= 0.6 is 0 Å². The van der Waals surface area contributed by atoms with Crippen LogP contribution in [-0.2, 0) is 45.4 Å². The number of ether oxygens (including phenoxy) is 2. The van der Waals surface area contributed by atoms with Crippen molar-refractivity contribution in [3.05, 3.63) is 42.7 Å². The first kappa shape index (κ1) is 33.0. The maximum atomic E-state index is 12.4. The van der Waals surface area contributed by atoms with Crippen molar-refractivity contribution in [3.63, 3.8) is 0 Å².